The molecule has 0 fully saturated rings. The Labute approximate surface area is 139 Å². The minimum atomic E-state index is -3.66. The molecule has 0 saturated carbocycles. The monoisotopic (exact) mass is 355 g/mol. The number of sulfonamides is 1. The number of carbonyl (C=O) groups excluding carboxylic acids is 1. The van der Waals surface area contributed by atoms with E-state index in [0.717, 1.165) is 6.26 Å². The molecule has 2 aromatic rings. The van der Waals surface area contributed by atoms with E-state index >= 15 is 0 Å². The standard InChI is InChI=1S/C15H14ClNO5S/c1-21-14-9-12(22-11-5-3-10(16)4-6-11)7-8-13(14)15(18)17-23(2,19)20/h3-9H,1-2H3,(H,17,18). The van der Waals surface area contributed by atoms with Gasteiger partial charge in [-0.25, -0.2) is 13.1 Å². The maximum Gasteiger partial charge on any atom is 0.268 e. The normalized spacial score (nSPS) is 10.9. The van der Waals surface area contributed by atoms with Crippen LogP contribution in [0.3, 0.4) is 0 Å². The van der Waals surface area contributed by atoms with E-state index in [4.69, 9.17) is 21.1 Å². The third-order valence-electron chi connectivity index (χ3n) is 2.75. The molecule has 0 atom stereocenters. The fourth-order valence-electron chi connectivity index (χ4n) is 1.78. The van der Waals surface area contributed by atoms with E-state index in [-0.39, 0.29) is 11.3 Å². The summed E-state index contributed by atoms with van der Waals surface area (Å²) in [5, 5.41) is 0.586. The molecule has 0 aliphatic carbocycles. The van der Waals surface area contributed by atoms with Crippen molar-refractivity contribution >= 4 is 27.5 Å². The van der Waals surface area contributed by atoms with Gasteiger partial charge in [-0.2, -0.15) is 0 Å². The second kappa shape index (κ2) is 6.89. The molecule has 0 bridgehead atoms. The van der Waals surface area contributed by atoms with Gasteiger partial charge in [-0.1, -0.05) is 11.6 Å². The molecular weight excluding hydrogens is 342 g/mol. The van der Waals surface area contributed by atoms with E-state index < -0.39 is 15.9 Å². The van der Waals surface area contributed by atoms with Crippen LogP contribution < -0.4 is 14.2 Å². The summed E-state index contributed by atoms with van der Waals surface area (Å²) in [7, 11) is -2.28. The Balaban J connectivity index is 2.25. The van der Waals surface area contributed by atoms with Crippen LogP contribution in [0.1, 0.15) is 10.4 Å². The van der Waals surface area contributed by atoms with Gasteiger partial charge in [0.15, 0.2) is 0 Å². The van der Waals surface area contributed by atoms with E-state index in [1.807, 2.05) is 4.72 Å². The number of benzene rings is 2. The van der Waals surface area contributed by atoms with Gasteiger partial charge in [-0.05, 0) is 36.4 Å². The summed E-state index contributed by atoms with van der Waals surface area (Å²) in [6.45, 7) is 0. The molecule has 1 amide bonds. The second-order valence-electron chi connectivity index (χ2n) is 4.62. The van der Waals surface area contributed by atoms with Crippen LogP contribution in [0.15, 0.2) is 42.5 Å². The van der Waals surface area contributed by atoms with Crippen molar-refractivity contribution in [3.8, 4) is 17.2 Å². The number of methoxy groups -OCH3 is 1. The van der Waals surface area contributed by atoms with Gasteiger partial charge >= 0.3 is 0 Å². The molecular formula is C15H14ClNO5S. The van der Waals surface area contributed by atoms with Crippen LogP contribution in [-0.4, -0.2) is 27.7 Å². The number of hydrogen-bond acceptors (Lipinski definition) is 5. The van der Waals surface area contributed by atoms with Gasteiger partial charge in [0.25, 0.3) is 5.91 Å². The number of nitrogens with one attached hydrogen (secondary N) is 1. The fraction of sp³-hybridized carbons (Fsp3) is 0.133. The first-order valence-corrected chi connectivity index (χ1v) is 8.69. The first-order valence-electron chi connectivity index (χ1n) is 6.42. The SMILES string of the molecule is COc1cc(Oc2ccc(Cl)cc2)ccc1C(=O)NS(C)(=O)=O. The van der Waals surface area contributed by atoms with E-state index in [0.29, 0.717) is 16.5 Å². The Kier molecular flexibility index (Phi) is 5.12. The van der Waals surface area contributed by atoms with Gasteiger partial charge in [0.05, 0.1) is 18.9 Å². The highest BCUT2D eigenvalue weighted by atomic mass is 35.5. The number of carbonyl (C=O) groups is 1. The maximum atomic E-state index is 11.9. The summed E-state index contributed by atoms with van der Waals surface area (Å²) < 4.78 is 34.9. The second-order valence-corrected chi connectivity index (χ2v) is 6.81. The minimum absolute atomic E-state index is 0.0846. The zero-order chi connectivity index (χ0) is 17.0. The Morgan fingerprint density at radius 1 is 1.09 bits per heavy atom. The van der Waals surface area contributed by atoms with E-state index in [1.54, 1.807) is 24.3 Å². The number of rotatable bonds is 5. The number of ether oxygens (including phenoxy) is 2. The predicted molar refractivity (Wildman–Crippen MR) is 86.8 cm³/mol. The fourth-order valence-corrected chi connectivity index (χ4v) is 2.36. The number of halogens is 1. The van der Waals surface area contributed by atoms with Gasteiger partial charge in [0.2, 0.25) is 10.0 Å². The molecule has 2 rings (SSSR count). The molecule has 122 valence electrons. The molecule has 2 aromatic carbocycles. The molecule has 0 spiro atoms. The van der Waals surface area contributed by atoms with E-state index in [2.05, 4.69) is 0 Å². The minimum Gasteiger partial charge on any atom is -0.496 e. The van der Waals surface area contributed by atoms with Crippen LogP contribution >= 0.6 is 11.6 Å². The van der Waals surface area contributed by atoms with Crippen LogP contribution in [0.4, 0.5) is 0 Å². The molecule has 0 aliphatic heterocycles. The first kappa shape index (κ1) is 17.1. The largest absolute Gasteiger partial charge is 0.496 e. The lowest BCUT2D eigenvalue weighted by molar-refractivity contribution is 0.0978. The third-order valence-corrected chi connectivity index (χ3v) is 3.55. The van der Waals surface area contributed by atoms with Crippen LogP contribution in [-0.2, 0) is 10.0 Å². The Bertz CT molecular complexity index is 818. The average molecular weight is 356 g/mol. The van der Waals surface area contributed by atoms with Crippen molar-refractivity contribution in [2.45, 2.75) is 0 Å². The van der Waals surface area contributed by atoms with Crippen LogP contribution in [0, 0.1) is 0 Å². The summed E-state index contributed by atoms with van der Waals surface area (Å²) in [5.41, 5.74) is 0.0846. The smallest absolute Gasteiger partial charge is 0.268 e. The zero-order valence-corrected chi connectivity index (χ0v) is 13.9. The molecule has 6 nitrogen and oxygen atoms in total. The molecule has 0 heterocycles. The highest BCUT2D eigenvalue weighted by Gasteiger charge is 2.16. The molecule has 0 saturated heterocycles. The van der Waals surface area contributed by atoms with Gasteiger partial charge < -0.3 is 9.47 Å². The predicted octanol–water partition coefficient (Wildman–Crippen LogP) is 2.83. The summed E-state index contributed by atoms with van der Waals surface area (Å²) in [6, 6.07) is 11.2. The lowest BCUT2D eigenvalue weighted by Crippen LogP contribution is -2.29. The summed E-state index contributed by atoms with van der Waals surface area (Å²) in [4.78, 5) is 11.9. The quantitative estimate of drug-likeness (QED) is 0.891. The van der Waals surface area contributed by atoms with Gasteiger partial charge in [0, 0.05) is 11.1 Å². The van der Waals surface area contributed by atoms with Crippen LogP contribution in [0.2, 0.25) is 5.02 Å². The Hall–Kier alpha value is -2.25. The van der Waals surface area contributed by atoms with E-state index in [1.165, 1.54) is 25.3 Å². The van der Waals surface area contributed by atoms with Crippen molar-refractivity contribution < 1.29 is 22.7 Å². The van der Waals surface area contributed by atoms with Crippen molar-refractivity contribution in [3.63, 3.8) is 0 Å². The highest BCUT2D eigenvalue weighted by molar-refractivity contribution is 7.89. The van der Waals surface area contributed by atoms with Crippen molar-refractivity contribution in [3.05, 3.63) is 53.1 Å². The molecule has 23 heavy (non-hydrogen) atoms. The topological polar surface area (TPSA) is 81.7 Å². The molecule has 0 aromatic heterocycles. The summed E-state index contributed by atoms with van der Waals surface area (Å²) >= 11 is 5.80. The van der Waals surface area contributed by atoms with Gasteiger partial charge in [0.1, 0.15) is 17.2 Å². The number of hydrogen-bond donors (Lipinski definition) is 1. The van der Waals surface area contributed by atoms with Gasteiger partial charge in [-0.3, -0.25) is 4.79 Å². The van der Waals surface area contributed by atoms with Crippen LogP contribution in [0.25, 0.3) is 0 Å². The molecule has 8 heteroatoms. The third kappa shape index (κ3) is 4.87. The van der Waals surface area contributed by atoms with Crippen molar-refractivity contribution in [1.29, 1.82) is 0 Å². The maximum absolute atomic E-state index is 11.9. The molecule has 0 unspecified atom stereocenters. The Morgan fingerprint density at radius 2 is 1.70 bits per heavy atom. The van der Waals surface area contributed by atoms with E-state index in [9.17, 15) is 13.2 Å². The first-order chi connectivity index (χ1) is 10.8. The summed E-state index contributed by atoms with van der Waals surface area (Å²) in [5.74, 6) is 0.407. The van der Waals surface area contributed by atoms with Crippen molar-refractivity contribution in [2.24, 2.45) is 0 Å². The highest BCUT2D eigenvalue weighted by Crippen LogP contribution is 2.29. The molecule has 0 aliphatic rings. The van der Waals surface area contributed by atoms with Gasteiger partial charge in [-0.15, -0.1) is 0 Å². The van der Waals surface area contributed by atoms with Crippen molar-refractivity contribution in [2.75, 3.05) is 13.4 Å². The molecule has 0 radical (unpaired) electrons. The average Bonchev–Trinajstić information content (AvgIpc) is 2.47. The Morgan fingerprint density at radius 3 is 2.26 bits per heavy atom. The number of amides is 1. The lowest BCUT2D eigenvalue weighted by Gasteiger charge is -2.11. The van der Waals surface area contributed by atoms with Crippen LogP contribution in [0.5, 0.6) is 17.2 Å². The summed E-state index contributed by atoms with van der Waals surface area (Å²) in [6.07, 6.45) is 0.898. The molecule has 1 N–H and O–H groups in total. The zero-order valence-electron chi connectivity index (χ0n) is 12.4. The van der Waals surface area contributed by atoms with Crippen molar-refractivity contribution in [1.82, 2.24) is 4.72 Å². The lowest BCUT2D eigenvalue weighted by atomic mass is 10.2.